The predicted octanol–water partition coefficient (Wildman–Crippen LogP) is 4.43. The van der Waals surface area contributed by atoms with Crippen molar-refractivity contribution in [1.82, 2.24) is 10.2 Å². The topological polar surface area (TPSA) is 49.4 Å². The van der Waals surface area contributed by atoms with Crippen LogP contribution in [0.2, 0.25) is 0 Å². The zero-order valence-corrected chi connectivity index (χ0v) is 18.4. The van der Waals surface area contributed by atoms with E-state index < -0.39 is 6.04 Å². The second kappa shape index (κ2) is 10.8. The summed E-state index contributed by atoms with van der Waals surface area (Å²) in [5.74, 6) is 0.267. The van der Waals surface area contributed by atoms with Gasteiger partial charge in [0.1, 0.15) is 6.04 Å². The number of hydrogen-bond acceptors (Lipinski definition) is 2. The van der Waals surface area contributed by atoms with Gasteiger partial charge in [0.2, 0.25) is 11.8 Å². The molecular formula is C25H34N2O2. The summed E-state index contributed by atoms with van der Waals surface area (Å²) in [6, 6.07) is 15.8. The zero-order chi connectivity index (χ0) is 21.4. The molecule has 0 saturated carbocycles. The van der Waals surface area contributed by atoms with E-state index in [1.54, 1.807) is 4.90 Å². The zero-order valence-electron chi connectivity index (χ0n) is 18.4. The molecule has 0 radical (unpaired) electrons. The Balaban J connectivity index is 2.12. The van der Waals surface area contributed by atoms with Crippen molar-refractivity contribution < 1.29 is 9.59 Å². The van der Waals surface area contributed by atoms with Crippen molar-refractivity contribution in [3.63, 3.8) is 0 Å². The van der Waals surface area contributed by atoms with Crippen LogP contribution < -0.4 is 5.32 Å². The molecular weight excluding hydrogens is 360 g/mol. The Kier molecular flexibility index (Phi) is 8.44. The Morgan fingerprint density at radius 3 is 2.24 bits per heavy atom. The monoisotopic (exact) mass is 394 g/mol. The van der Waals surface area contributed by atoms with E-state index >= 15 is 0 Å². The Morgan fingerprint density at radius 2 is 1.62 bits per heavy atom. The van der Waals surface area contributed by atoms with Crippen LogP contribution in [-0.4, -0.2) is 29.3 Å². The van der Waals surface area contributed by atoms with Gasteiger partial charge in [0.25, 0.3) is 0 Å². The summed E-state index contributed by atoms with van der Waals surface area (Å²) in [6.45, 7) is 11.1. The second-order valence-corrected chi connectivity index (χ2v) is 8.31. The highest BCUT2D eigenvalue weighted by molar-refractivity contribution is 5.87. The summed E-state index contributed by atoms with van der Waals surface area (Å²) in [5.41, 5.74) is 4.52. The number of rotatable bonds is 9. The molecule has 0 unspecified atom stereocenters. The lowest BCUT2D eigenvalue weighted by Gasteiger charge is -2.29. The van der Waals surface area contributed by atoms with Gasteiger partial charge in [-0.1, -0.05) is 73.5 Å². The first-order valence-electron chi connectivity index (χ1n) is 10.4. The third-order valence-corrected chi connectivity index (χ3v) is 5.04. The molecule has 2 aromatic rings. The Hall–Kier alpha value is -2.62. The van der Waals surface area contributed by atoms with E-state index in [4.69, 9.17) is 0 Å². The molecule has 0 fully saturated rings. The lowest BCUT2D eigenvalue weighted by atomic mass is 10.1. The van der Waals surface area contributed by atoms with Gasteiger partial charge >= 0.3 is 0 Å². The first kappa shape index (κ1) is 22.7. The van der Waals surface area contributed by atoms with Crippen LogP contribution in [0.15, 0.2) is 48.5 Å². The molecule has 0 bridgehead atoms. The average Bonchev–Trinajstić information content (AvgIpc) is 2.69. The van der Waals surface area contributed by atoms with Gasteiger partial charge in [-0.3, -0.25) is 9.59 Å². The molecule has 1 atom stereocenters. The van der Waals surface area contributed by atoms with Crippen molar-refractivity contribution in [2.24, 2.45) is 5.92 Å². The summed E-state index contributed by atoms with van der Waals surface area (Å²) >= 11 is 0. The van der Waals surface area contributed by atoms with Crippen LogP contribution in [0.5, 0.6) is 0 Å². The van der Waals surface area contributed by atoms with E-state index in [0.29, 0.717) is 31.8 Å². The van der Waals surface area contributed by atoms with Crippen molar-refractivity contribution in [2.75, 3.05) is 6.54 Å². The molecule has 156 valence electrons. The van der Waals surface area contributed by atoms with Crippen molar-refractivity contribution in [3.8, 4) is 0 Å². The smallest absolute Gasteiger partial charge is 0.242 e. The van der Waals surface area contributed by atoms with Crippen LogP contribution in [0.3, 0.4) is 0 Å². The molecule has 0 aliphatic rings. The molecule has 0 aromatic heterocycles. The van der Waals surface area contributed by atoms with Crippen LogP contribution in [0.4, 0.5) is 0 Å². The van der Waals surface area contributed by atoms with Gasteiger partial charge in [-0.25, -0.2) is 0 Å². The fraction of sp³-hybridized carbons (Fsp3) is 0.440. The first-order valence-corrected chi connectivity index (χ1v) is 10.4. The standard InChI is InChI=1S/C25H34N2O2/c1-18(2)16-26-25(29)21(5)27(17-23-8-6-7-20(4)15-23)24(28)14-13-22-11-9-19(3)10-12-22/h6-12,15,18,21H,13-14,16-17H2,1-5H3,(H,26,29)/t21-/m0/s1. The van der Waals surface area contributed by atoms with Crippen molar-refractivity contribution in [1.29, 1.82) is 0 Å². The van der Waals surface area contributed by atoms with Gasteiger partial charge < -0.3 is 10.2 Å². The largest absolute Gasteiger partial charge is 0.354 e. The third kappa shape index (κ3) is 7.37. The average molecular weight is 395 g/mol. The lowest BCUT2D eigenvalue weighted by Crippen LogP contribution is -2.48. The normalized spacial score (nSPS) is 11.9. The summed E-state index contributed by atoms with van der Waals surface area (Å²) in [5, 5.41) is 2.96. The maximum absolute atomic E-state index is 13.1. The SMILES string of the molecule is Cc1ccc(CCC(=O)N(Cc2cccc(C)c2)[C@@H](C)C(=O)NCC(C)C)cc1. The fourth-order valence-electron chi connectivity index (χ4n) is 3.19. The third-order valence-electron chi connectivity index (χ3n) is 5.04. The Bertz CT molecular complexity index is 812. The van der Waals surface area contributed by atoms with Gasteiger partial charge in [0.05, 0.1) is 0 Å². The van der Waals surface area contributed by atoms with E-state index in [0.717, 1.165) is 16.7 Å². The van der Waals surface area contributed by atoms with Gasteiger partial charge in [-0.05, 0) is 44.2 Å². The van der Waals surface area contributed by atoms with E-state index in [2.05, 4.69) is 56.4 Å². The van der Waals surface area contributed by atoms with Crippen molar-refractivity contribution in [3.05, 3.63) is 70.8 Å². The van der Waals surface area contributed by atoms with Crippen molar-refractivity contribution >= 4 is 11.8 Å². The van der Waals surface area contributed by atoms with Crippen LogP contribution >= 0.6 is 0 Å². The van der Waals surface area contributed by atoms with Crippen LogP contribution in [-0.2, 0) is 22.6 Å². The number of amides is 2. The number of aryl methyl sites for hydroxylation is 3. The second-order valence-electron chi connectivity index (χ2n) is 8.31. The molecule has 0 saturated heterocycles. The highest BCUT2D eigenvalue weighted by Crippen LogP contribution is 2.14. The van der Waals surface area contributed by atoms with Crippen LogP contribution in [0.25, 0.3) is 0 Å². The molecule has 4 nitrogen and oxygen atoms in total. The van der Waals surface area contributed by atoms with Gasteiger partial charge in [0, 0.05) is 19.5 Å². The van der Waals surface area contributed by atoms with Crippen LogP contribution in [0.1, 0.15) is 49.4 Å². The van der Waals surface area contributed by atoms with E-state index in [-0.39, 0.29) is 11.8 Å². The predicted molar refractivity (Wildman–Crippen MR) is 119 cm³/mol. The summed E-state index contributed by atoms with van der Waals surface area (Å²) in [6.07, 6.45) is 1.06. The van der Waals surface area contributed by atoms with Gasteiger partial charge in [-0.15, -0.1) is 0 Å². The van der Waals surface area contributed by atoms with E-state index in [1.807, 2.05) is 32.0 Å². The molecule has 0 heterocycles. The fourth-order valence-corrected chi connectivity index (χ4v) is 3.19. The molecule has 0 aliphatic heterocycles. The molecule has 1 N–H and O–H groups in total. The maximum atomic E-state index is 13.1. The molecule has 4 heteroatoms. The number of carbonyl (C=O) groups is 2. The molecule has 29 heavy (non-hydrogen) atoms. The number of benzene rings is 2. The number of carbonyl (C=O) groups excluding carboxylic acids is 2. The molecule has 0 spiro atoms. The Morgan fingerprint density at radius 1 is 0.931 bits per heavy atom. The molecule has 2 rings (SSSR count). The van der Waals surface area contributed by atoms with Gasteiger partial charge in [-0.2, -0.15) is 0 Å². The minimum Gasteiger partial charge on any atom is -0.354 e. The maximum Gasteiger partial charge on any atom is 0.242 e. The van der Waals surface area contributed by atoms with E-state index in [9.17, 15) is 9.59 Å². The lowest BCUT2D eigenvalue weighted by molar-refractivity contribution is -0.140. The minimum atomic E-state index is -0.514. The number of nitrogens with zero attached hydrogens (tertiary/aromatic N) is 1. The Labute approximate surface area is 175 Å². The van der Waals surface area contributed by atoms with Crippen molar-refractivity contribution in [2.45, 2.75) is 60.0 Å². The minimum absolute atomic E-state index is 0.000668. The highest BCUT2D eigenvalue weighted by Gasteiger charge is 2.26. The van der Waals surface area contributed by atoms with Gasteiger partial charge in [0.15, 0.2) is 0 Å². The summed E-state index contributed by atoms with van der Waals surface area (Å²) < 4.78 is 0. The first-order chi connectivity index (χ1) is 13.8. The molecule has 0 aliphatic carbocycles. The van der Waals surface area contributed by atoms with E-state index in [1.165, 1.54) is 5.56 Å². The number of hydrogen-bond donors (Lipinski definition) is 1. The summed E-state index contributed by atoms with van der Waals surface area (Å²) in [7, 11) is 0. The molecule has 2 amide bonds. The quantitative estimate of drug-likeness (QED) is 0.684. The summed E-state index contributed by atoms with van der Waals surface area (Å²) in [4.78, 5) is 27.5. The number of nitrogens with one attached hydrogen (secondary N) is 1. The molecule has 2 aromatic carbocycles. The highest BCUT2D eigenvalue weighted by atomic mass is 16.2. The van der Waals surface area contributed by atoms with Crippen LogP contribution in [0, 0.1) is 19.8 Å².